The summed E-state index contributed by atoms with van der Waals surface area (Å²) < 4.78 is 23.2. The number of amides is 2. The third-order valence-electron chi connectivity index (χ3n) is 5.94. The number of benzene rings is 4. The number of methoxy groups -OCH3 is 2. The lowest BCUT2D eigenvalue weighted by Crippen LogP contribution is -2.20. The van der Waals surface area contributed by atoms with Crippen molar-refractivity contribution in [3.63, 3.8) is 0 Å². The second-order valence-corrected chi connectivity index (χ2v) is 10.2. The monoisotopic (exact) mass is 679 g/mol. The molecule has 0 heterocycles. The summed E-state index contributed by atoms with van der Waals surface area (Å²) in [6.45, 7) is 2.14. The van der Waals surface area contributed by atoms with Crippen LogP contribution in [-0.4, -0.2) is 38.9 Å². The van der Waals surface area contributed by atoms with Crippen molar-refractivity contribution in [2.45, 2.75) is 13.5 Å². The molecule has 4 aromatic carbocycles. The molecule has 4 rings (SSSR count). The molecule has 2 amide bonds. The van der Waals surface area contributed by atoms with Crippen LogP contribution in [0.5, 0.6) is 23.0 Å². The van der Waals surface area contributed by atoms with Gasteiger partial charge in [-0.25, -0.2) is 5.43 Å². The van der Waals surface area contributed by atoms with Gasteiger partial charge >= 0.3 is 0 Å². The van der Waals surface area contributed by atoms with E-state index in [1.807, 2.05) is 61.5 Å². The van der Waals surface area contributed by atoms with Gasteiger partial charge in [0.1, 0.15) is 6.61 Å². The fourth-order valence-corrected chi connectivity index (χ4v) is 4.69. The largest absolute Gasteiger partial charge is 0.493 e. The van der Waals surface area contributed by atoms with E-state index >= 15 is 0 Å². The van der Waals surface area contributed by atoms with Crippen molar-refractivity contribution in [2.24, 2.45) is 5.10 Å². The summed E-state index contributed by atoms with van der Waals surface area (Å²) in [4.78, 5) is 25.1. The number of nitrogens with one attached hydrogen (secondary N) is 2. The average Bonchev–Trinajstić information content (AvgIpc) is 2.99. The highest BCUT2D eigenvalue weighted by molar-refractivity contribution is 14.1. The van der Waals surface area contributed by atoms with Crippen LogP contribution >= 0.6 is 22.6 Å². The second kappa shape index (κ2) is 14.9. The quantitative estimate of drug-likeness (QED) is 0.109. The number of ether oxygens (including phenoxy) is 4. The number of halogens is 1. The third-order valence-corrected chi connectivity index (χ3v) is 6.75. The van der Waals surface area contributed by atoms with Crippen molar-refractivity contribution in [3.8, 4) is 23.0 Å². The van der Waals surface area contributed by atoms with Gasteiger partial charge in [-0.1, -0.05) is 42.5 Å². The van der Waals surface area contributed by atoms with Gasteiger partial charge in [0.05, 0.1) is 24.0 Å². The molecule has 0 fully saturated rings. The van der Waals surface area contributed by atoms with Crippen LogP contribution in [0.4, 0.5) is 5.69 Å². The van der Waals surface area contributed by atoms with Gasteiger partial charge in [-0.05, 0) is 88.7 Å². The highest BCUT2D eigenvalue weighted by Gasteiger charge is 2.14. The summed E-state index contributed by atoms with van der Waals surface area (Å²) >= 11 is 2.09. The van der Waals surface area contributed by atoms with Crippen LogP contribution in [-0.2, 0) is 11.4 Å². The zero-order valence-corrected chi connectivity index (χ0v) is 25.5. The number of nitrogens with zero attached hydrogens (tertiary/aromatic N) is 1. The van der Waals surface area contributed by atoms with Crippen molar-refractivity contribution in [1.29, 1.82) is 0 Å². The van der Waals surface area contributed by atoms with E-state index in [1.54, 1.807) is 30.3 Å². The molecule has 0 radical (unpaired) electrons. The first kappa shape index (κ1) is 30.4. The zero-order valence-electron chi connectivity index (χ0n) is 23.3. The standard InChI is InChI=1S/C32H30IN3O6/c1-21-8-7-11-25(14-21)35-30(37)20-42-31-26(33)15-23(16-29(31)40-3)18-34-36-32(38)24-12-13-27(28(17-24)39-2)41-19-22-9-5-4-6-10-22/h4-18H,19-20H2,1-3H3,(H,35,37)(H,36,38)/b34-18+. The first-order chi connectivity index (χ1) is 20.4. The second-order valence-electron chi connectivity index (χ2n) is 9.08. The van der Waals surface area contributed by atoms with E-state index in [4.69, 9.17) is 18.9 Å². The Kier molecular flexibility index (Phi) is 10.8. The molecule has 4 aromatic rings. The van der Waals surface area contributed by atoms with Gasteiger partial charge in [-0.15, -0.1) is 0 Å². The SMILES string of the molecule is COc1cc(C(=O)N/N=C/c2cc(I)c(OCC(=O)Nc3cccc(C)c3)c(OC)c2)ccc1OCc1ccccc1. The number of carbonyl (C=O) groups is 2. The number of aryl methyl sites for hydroxylation is 1. The molecule has 0 saturated heterocycles. The maximum absolute atomic E-state index is 12.7. The molecular formula is C32H30IN3O6. The Morgan fingerprint density at radius 3 is 2.38 bits per heavy atom. The predicted molar refractivity (Wildman–Crippen MR) is 170 cm³/mol. The fourth-order valence-electron chi connectivity index (χ4n) is 3.91. The number of hydrogen-bond acceptors (Lipinski definition) is 7. The fraction of sp³-hybridized carbons (Fsp3) is 0.156. The molecule has 10 heteroatoms. The van der Waals surface area contributed by atoms with E-state index in [2.05, 4.69) is 38.4 Å². The van der Waals surface area contributed by atoms with E-state index < -0.39 is 5.91 Å². The van der Waals surface area contributed by atoms with E-state index in [0.717, 1.165) is 11.1 Å². The molecule has 0 aliphatic carbocycles. The minimum absolute atomic E-state index is 0.191. The summed E-state index contributed by atoms with van der Waals surface area (Å²) in [5.74, 6) is 1.11. The van der Waals surface area contributed by atoms with Crippen molar-refractivity contribution < 1.29 is 28.5 Å². The van der Waals surface area contributed by atoms with Crippen LogP contribution in [0.3, 0.4) is 0 Å². The van der Waals surface area contributed by atoms with E-state index in [0.29, 0.717) is 50.0 Å². The van der Waals surface area contributed by atoms with E-state index in [9.17, 15) is 9.59 Å². The van der Waals surface area contributed by atoms with Gasteiger partial charge in [0.25, 0.3) is 11.8 Å². The van der Waals surface area contributed by atoms with Gasteiger partial charge in [0.15, 0.2) is 29.6 Å². The van der Waals surface area contributed by atoms with Crippen molar-refractivity contribution in [1.82, 2.24) is 5.43 Å². The van der Waals surface area contributed by atoms with Crippen LogP contribution in [0.2, 0.25) is 0 Å². The van der Waals surface area contributed by atoms with Crippen molar-refractivity contribution in [3.05, 3.63) is 111 Å². The lowest BCUT2D eigenvalue weighted by molar-refractivity contribution is -0.118. The topological polar surface area (TPSA) is 107 Å². The Morgan fingerprint density at radius 1 is 0.857 bits per heavy atom. The molecular weight excluding hydrogens is 649 g/mol. The minimum Gasteiger partial charge on any atom is -0.493 e. The van der Waals surface area contributed by atoms with Crippen LogP contribution in [0.25, 0.3) is 0 Å². The number of rotatable bonds is 12. The number of hydrazone groups is 1. The maximum Gasteiger partial charge on any atom is 0.271 e. The predicted octanol–water partition coefficient (Wildman–Crippen LogP) is 5.98. The highest BCUT2D eigenvalue weighted by Crippen LogP contribution is 2.34. The highest BCUT2D eigenvalue weighted by atomic mass is 127. The van der Waals surface area contributed by atoms with E-state index in [-0.39, 0.29) is 12.5 Å². The molecule has 0 bridgehead atoms. The molecule has 216 valence electrons. The Morgan fingerprint density at radius 2 is 1.64 bits per heavy atom. The third kappa shape index (κ3) is 8.46. The molecule has 0 atom stereocenters. The first-order valence-electron chi connectivity index (χ1n) is 12.9. The van der Waals surface area contributed by atoms with Gasteiger partial charge in [0.2, 0.25) is 0 Å². The number of hydrogen-bond donors (Lipinski definition) is 2. The molecule has 9 nitrogen and oxygen atoms in total. The van der Waals surface area contributed by atoms with E-state index in [1.165, 1.54) is 20.4 Å². The van der Waals surface area contributed by atoms with Gasteiger partial charge < -0.3 is 24.3 Å². The Hall–Kier alpha value is -4.58. The van der Waals surface area contributed by atoms with Gasteiger partial charge in [-0.2, -0.15) is 5.10 Å². The molecule has 0 spiro atoms. The smallest absolute Gasteiger partial charge is 0.271 e. The molecule has 2 N–H and O–H groups in total. The van der Waals surface area contributed by atoms with Crippen LogP contribution in [0.15, 0.2) is 90.0 Å². The van der Waals surface area contributed by atoms with Gasteiger partial charge in [0, 0.05) is 11.3 Å². The number of anilines is 1. The summed E-state index contributed by atoms with van der Waals surface area (Å²) in [5.41, 5.74) is 6.30. The molecule has 0 aliphatic rings. The molecule has 0 saturated carbocycles. The average molecular weight is 680 g/mol. The lowest BCUT2D eigenvalue weighted by Gasteiger charge is -2.14. The van der Waals surface area contributed by atoms with Crippen LogP contribution in [0.1, 0.15) is 27.0 Å². The maximum atomic E-state index is 12.7. The zero-order chi connectivity index (χ0) is 29.9. The van der Waals surface area contributed by atoms with Crippen molar-refractivity contribution in [2.75, 3.05) is 26.1 Å². The summed E-state index contributed by atoms with van der Waals surface area (Å²) in [5, 5.41) is 6.90. The van der Waals surface area contributed by atoms with Crippen LogP contribution < -0.4 is 29.7 Å². The molecule has 0 unspecified atom stereocenters. The summed E-state index contributed by atoms with van der Waals surface area (Å²) in [6.07, 6.45) is 1.49. The molecule has 0 aliphatic heterocycles. The van der Waals surface area contributed by atoms with Gasteiger partial charge in [-0.3, -0.25) is 9.59 Å². The number of carbonyl (C=O) groups excluding carboxylic acids is 2. The normalized spacial score (nSPS) is 10.7. The first-order valence-corrected chi connectivity index (χ1v) is 14.0. The Balaban J connectivity index is 1.35. The minimum atomic E-state index is -0.416. The summed E-state index contributed by atoms with van der Waals surface area (Å²) in [7, 11) is 3.03. The Bertz CT molecular complexity index is 1580. The van der Waals surface area contributed by atoms with Crippen LogP contribution in [0, 0.1) is 10.5 Å². The molecule has 0 aromatic heterocycles. The summed E-state index contributed by atoms with van der Waals surface area (Å²) in [6, 6.07) is 25.7. The lowest BCUT2D eigenvalue weighted by atomic mass is 10.2. The molecule has 42 heavy (non-hydrogen) atoms. The Labute approximate surface area is 258 Å². The van der Waals surface area contributed by atoms with Crippen molar-refractivity contribution >= 4 is 46.3 Å².